The highest BCUT2D eigenvalue weighted by Crippen LogP contribution is 2.16. The van der Waals surface area contributed by atoms with Crippen molar-refractivity contribution in [3.05, 3.63) is 0 Å². The van der Waals surface area contributed by atoms with Crippen LogP contribution in [0.5, 0.6) is 0 Å². The van der Waals surface area contributed by atoms with Crippen LogP contribution in [0, 0.1) is 0 Å². The van der Waals surface area contributed by atoms with Crippen molar-refractivity contribution >= 4 is 5.97 Å². The van der Waals surface area contributed by atoms with Crippen LogP contribution in [0.3, 0.4) is 0 Å². The number of alkyl halides is 3. The molecule has 0 unspecified atom stereocenters. The fourth-order valence-electron chi connectivity index (χ4n) is 0.0759. The van der Waals surface area contributed by atoms with E-state index < -0.39 is 12.1 Å². The van der Waals surface area contributed by atoms with Crippen LogP contribution in [0.2, 0.25) is 0 Å². The van der Waals surface area contributed by atoms with Gasteiger partial charge in [-0.05, 0) is 4.53 Å². The van der Waals surface area contributed by atoms with Gasteiger partial charge in [0, 0.05) is 5.09 Å². The van der Waals surface area contributed by atoms with Crippen LogP contribution < -0.4 is 0 Å². The van der Waals surface area contributed by atoms with Gasteiger partial charge in [-0.2, -0.15) is 13.2 Å². The lowest BCUT2D eigenvalue weighted by atomic mass is 10.7. The summed E-state index contributed by atoms with van der Waals surface area (Å²) >= 11 is 0. The minimum absolute atomic E-state index is 1.96. The van der Waals surface area contributed by atoms with Crippen molar-refractivity contribution in [2.24, 2.45) is 0 Å². The van der Waals surface area contributed by atoms with Crippen LogP contribution in [-0.4, -0.2) is 12.1 Å². The van der Waals surface area contributed by atoms with Crippen molar-refractivity contribution < 1.29 is 32.5 Å². The Labute approximate surface area is 46.0 Å². The van der Waals surface area contributed by atoms with Crippen LogP contribution in [0.15, 0.2) is 0 Å². The maximum atomic E-state index is 10.9. The zero-order chi connectivity index (χ0) is 7.49. The zero-order valence-electron chi connectivity index (χ0n) is 3.74. The predicted molar refractivity (Wildman–Crippen MR) is 14.3 cm³/mol. The molecule has 3 nitrogen and oxygen atoms in total. The van der Waals surface area contributed by atoms with E-state index in [4.69, 9.17) is 0 Å². The normalized spacial score (nSPS) is 11.1. The van der Waals surface area contributed by atoms with Crippen LogP contribution in [0.4, 0.5) is 17.7 Å². The molecule has 0 aliphatic carbocycles. The standard InChI is InChI=1S/C2F4O3/c3-2(4,5)1(7)8-9-6. The Hall–Kier alpha value is -0.850. The monoisotopic (exact) mass is 148 g/mol. The second-order valence-corrected chi connectivity index (χ2v) is 0.932. The first-order valence-corrected chi connectivity index (χ1v) is 1.55. The average molecular weight is 148 g/mol. The van der Waals surface area contributed by atoms with Crippen molar-refractivity contribution in [1.29, 1.82) is 0 Å². The molecule has 9 heavy (non-hydrogen) atoms. The van der Waals surface area contributed by atoms with E-state index in [9.17, 15) is 22.5 Å². The van der Waals surface area contributed by atoms with Gasteiger partial charge in [0.05, 0.1) is 0 Å². The highest BCUT2D eigenvalue weighted by Gasteiger charge is 2.42. The highest BCUT2D eigenvalue weighted by molar-refractivity contribution is 5.74. The Bertz CT molecular complexity index is 107. The molecule has 0 aliphatic rings. The van der Waals surface area contributed by atoms with E-state index in [1.165, 1.54) is 0 Å². The van der Waals surface area contributed by atoms with Gasteiger partial charge in [0.25, 0.3) is 0 Å². The molecule has 0 atom stereocenters. The Morgan fingerprint density at radius 3 is 1.89 bits per heavy atom. The third kappa shape index (κ3) is 2.85. The van der Waals surface area contributed by atoms with Crippen molar-refractivity contribution in [1.82, 2.24) is 0 Å². The summed E-state index contributed by atoms with van der Waals surface area (Å²) in [4.78, 5) is 11.8. The summed E-state index contributed by atoms with van der Waals surface area (Å²) in [6.45, 7) is 0. The summed E-state index contributed by atoms with van der Waals surface area (Å²) in [5, 5.41) is 1.96. The van der Waals surface area contributed by atoms with Crippen LogP contribution >= 0.6 is 0 Å². The van der Waals surface area contributed by atoms with E-state index in [-0.39, 0.29) is 0 Å². The Morgan fingerprint density at radius 2 is 1.78 bits per heavy atom. The molecule has 0 heterocycles. The molecule has 0 rings (SSSR count). The zero-order valence-corrected chi connectivity index (χ0v) is 3.74. The van der Waals surface area contributed by atoms with Gasteiger partial charge in [0.1, 0.15) is 0 Å². The summed E-state index contributed by atoms with van der Waals surface area (Å²) < 4.78 is 43.1. The topological polar surface area (TPSA) is 35.5 Å². The summed E-state index contributed by atoms with van der Waals surface area (Å²) in [6, 6.07) is 0. The molecule has 0 spiro atoms. The molecule has 54 valence electrons. The quantitative estimate of drug-likeness (QED) is 0.315. The number of hydrogen-bond donors (Lipinski definition) is 0. The molecule has 0 aliphatic heterocycles. The fourth-order valence-corrected chi connectivity index (χ4v) is 0.0759. The molecule has 0 aromatic rings. The lowest BCUT2D eigenvalue weighted by Crippen LogP contribution is -2.24. The molecule has 0 radical (unpaired) electrons. The van der Waals surface area contributed by atoms with E-state index in [1.807, 2.05) is 5.09 Å². The largest absolute Gasteiger partial charge is 0.494 e. The predicted octanol–water partition coefficient (Wildman–Crippen LogP) is 0.908. The Kier molecular flexibility index (Phi) is 2.38. The summed E-state index contributed by atoms with van der Waals surface area (Å²) in [7, 11) is 0. The number of hydrogen-bond acceptors (Lipinski definition) is 3. The van der Waals surface area contributed by atoms with Gasteiger partial charge < -0.3 is 0 Å². The SMILES string of the molecule is O=C(OOF)C(F)(F)F. The van der Waals surface area contributed by atoms with Crippen molar-refractivity contribution in [2.75, 3.05) is 0 Å². The van der Waals surface area contributed by atoms with Gasteiger partial charge in [-0.1, -0.05) is 0 Å². The minimum Gasteiger partial charge on any atom is -0.254 e. The third-order valence-electron chi connectivity index (χ3n) is 0.339. The molecule has 0 saturated carbocycles. The van der Waals surface area contributed by atoms with E-state index >= 15 is 0 Å². The molecule has 0 aromatic heterocycles. The summed E-state index contributed by atoms with van der Waals surface area (Å²) in [6.07, 6.45) is -5.22. The van der Waals surface area contributed by atoms with Crippen LogP contribution in [-0.2, 0) is 14.8 Å². The summed E-state index contributed by atoms with van der Waals surface area (Å²) in [5.41, 5.74) is 0. The number of carbonyl (C=O) groups is 1. The molecule has 7 heteroatoms. The first kappa shape index (κ1) is 8.15. The third-order valence-corrected chi connectivity index (χ3v) is 0.339. The van der Waals surface area contributed by atoms with Crippen molar-refractivity contribution in [3.63, 3.8) is 0 Å². The highest BCUT2D eigenvalue weighted by atomic mass is 19.4. The van der Waals surface area contributed by atoms with Crippen LogP contribution in [0.1, 0.15) is 0 Å². The van der Waals surface area contributed by atoms with E-state index in [0.29, 0.717) is 0 Å². The number of halogens is 4. The van der Waals surface area contributed by atoms with Gasteiger partial charge in [-0.3, -0.25) is 4.89 Å². The fraction of sp³-hybridized carbons (Fsp3) is 0.500. The molecular formula is C2F4O3. The minimum atomic E-state index is -5.22. The van der Waals surface area contributed by atoms with E-state index in [0.717, 1.165) is 0 Å². The van der Waals surface area contributed by atoms with Gasteiger partial charge in [0.15, 0.2) is 0 Å². The lowest BCUT2D eigenvalue weighted by Gasteiger charge is -1.98. The second-order valence-electron chi connectivity index (χ2n) is 0.932. The van der Waals surface area contributed by atoms with Gasteiger partial charge in [-0.25, -0.2) is 4.79 Å². The van der Waals surface area contributed by atoms with Crippen LogP contribution in [0.25, 0.3) is 0 Å². The molecule has 0 aromatic carbocycles. The molecule has 0 N–H and O–H groups in total. The Morgan fingerprint density at radius 1 is 1.33 bits per heavy atom. The Balaban J connectivity index is 3.74. The average Bonchev–Trinajstić information content (AvgIpc) is 1.64. The van der Waals surface area contributed by atoms with Gasteiger partial charge in [0.2, 0.25) is 0 Å². The molecular weight excluding hydrogens is 148 g/mol. The van der Waals surface area contributed by atoms with Crippen molar-refractivity contribution in [3.8, 4) is 0 Å². The molecule has 0 fully saturated rings. The van der Waals surface area contributed by atoms with Crippen molar-refractivity contribution in [2.45, 2.75) is 6.18 Å². The maximum absolute atomic E-state index is 10.9. The van der Waals surface area contributed by atoms with Gasteiger partial charge >= 0.3 is 12.1 Å². The number of rotatable bonds is 1. The molecule has 0 amide bonds. The smallest absolute Gasteiger partial charge is 0.254 e. The van der Waals surface area contributed by atoms with E-state index in [2.05, 4.69) is 4.89 Å². The lowest BCUT2D eigenvalue weighted by molar-refractivity contribution is -0.409. The molecule has 0 bridgehead atoms. The van der Waals surface area contributed by atoms with E-state index in [1.54, 1.807) is 0 Å². The second kappa shape index (κ2) is 2.62. The first-order valence-electron chi connectivity index (χ1n) is 1.55. The maximum Gasteiger partial charge on any atom is 0.494 e. The number of carbonyl (C=O) groups excluding carboxylic acids is 1. The van der Waals surface area contributed by atoms with Gasteiger partial charge in [-0.15, -0.1) is 0 Å². The first-order chi connectivity index (χ1) is 3.98. The summed E-state index contributed by atoms with van der Waals surface area (Å²) in [5.74, 6) is -2.73. The molecule has 0 saturated heterocycles.